The second kappa shape index (κ2) is 7.26. The average molecular weight is 439 g/mol. The summed E-state index contributed by atoms with van der Waals surface area (Å²) < 4.78 is 8.73. The number of hydrogen-bond donors (Lipinski definition) is 0. The van der Waals surface area contributed by atoms with Gasteiger partial charge in [0.05, 0.1) is 16.7 Å². The van der Waals surface area contributed by atoms with Gasteiger partial charge < -0.3 is 13.9 Å². The Bertz CT molecular complexity index is 1830. The highest BCUT2D eigenvalue weighted by Crippen LogP contribution is 2.39. The van der Waals surface area contributed by atoms with E-state index in [1.807, 2.05) is 18.2 Å². The van der Waals surface area contributed by atoms with Crippen LogP contribution >= 0.6 is 0 Å². The Morgan fingerprint density at radius 1 is 0.559 bits per heavy atom. The van der Waals surface area contributed by atoms with Crippen molar-refractivity contribution in [2.45, 2.75) is 0 Å². The molecule has 0 N–H and O–H groups in total. The van der Waals surface area contributed by atoms with Crippen LogP contribution in [0.3, 0.4) is 0 Å². The van der Waals surface area contributed by atoms with E-state index in [0.717, 1.165) is 39.0 Å². The van der Waals surface area contributed by atoms with Gasteiger partial charge in [-0.15, -0.1) is 0 Å². The molecular weight excluding hydrogens is 416 g/mol. The molecule has 0 atom stereocenters. The molecule has 0 unspecified atom stereocenters. The van der Waals surface area contributed by atoms with Gasteiger partial charge in [-0.1, -0.05) is 66.7 Å². The van der Waals surface area contributed by atoms with Gasteiger partial charge in [0.1, 0.15) is 5.58 Å². The fourth-order valence-electron chi connectivity index (χ4n) is 5.14. The number of hydrogen-bond acceptors (Lipinski definition) is 2. The van der Waals surface area contributed by atoms with Gasteiger partial charge in [0, 0.05) is 40.0 Å². The van der Waals surface area contributed by atoms with E-state index >= 15 is 0 Å². The Morgan fingerprint density at radius 2 is 1.26 bits per heavy atom. The van der Waals surface area contributed by atoms with E-state index in [0.29, 0.717) is 0 Å². The quantitative estimate of drug-likeness (QED) is 0.276. The van der Waals surface area contributed by atoms with Gasteiger partial charge >= 0.3 is 0 Å². The van der Waals surface area contributed by atoms with Crippen molar-refractivity contribution < 1.29 is 4.42 Å². The van der Waals surface area contributed by atoms with Crippen LogP contribution in [0.2, 0.25) is 0 Å². The molecule has 2 aromatic heterocycles. The molecule has 0 fully saturated rings. The summed E-state index contributed by atoms with van der Waals surface area (Å²) in [6.07, 6.45) is 0. The zero-order valence-corrected chi connectivity index (χ0v) is 18.8. The van der Waals surface area contributed by atoms with Gasteiger partial charge in [-0.3, -0.25) is 0 Å². The van der Waals surface area contributed by atoms with Crippen molar-refractivity contribution in [2.24, 2.45) is 0 Å². The Hall–Kier alpha value is -4.50. The SMILES string of the molecule is CN(c1ccccc1)c1ccc2c(c1)c1ccccc1n2-c1cccc2c1oc1ccccc12. The topological polar surface area (TPSA) is 21.3 Å². The highest BCUT2D eigenvalue weighted by molar-refractivity contribution is 6.13. The zero-order valence-electron chi connectivity index (χ0n) is 18.8. The van der Waals surface area contributed by atoms with Crippen LogP contribution in [0.4, 0.5) is 11.4 Å². The molecule has 7 rings (SSSR count). The molecule has 0 aliphatic heterocycles. The Kier molecular flexibility index (Phi) is 4.06. The maximum Gasteiger partial charge on any atom is 0.159 e. The number of aromatic nitrogens is 1. The lowest BCUT2D eigenvalue weighted by atomic mass is 10.1. The van der Waals surface area contributed by atoms with E-state index in [9.17, 15) is 0 Å². The van der Waals surface area contributed by atoms with Crippen LogP contribution in [0.25, 0.3) is 49.4 Å². The second-order valence-electron chi connectivity index (χ2n) is 8.70. The lowest BCUT2D eigenvalue weighted by molar-refractivity contribution is 0.666. The highest BCUT2D eigenvalue weighted by Gasteiger charge is 2.18. The number of furan rings is 1. The van der Waals surface area contributed by atoms with Crippen LogP contribution in [0.5, 0.6) is 0 Å². The molecule has 2 heterocycles. The van der Waals surface area contributed by atoms with Gasteiger partial charge in [0.25, 0.3) is 0 Å². The maximum absolute atomic E-state index is 6.40. The third kappa shape index (κ3) is 2.70. The summed E-state index contributed by atoms with van der Waals surface area (Å²) in [6.45, 7) is 0. The van der Waals surface area contributed by atoms with Crippen molar-refractivity contribution in [3.8, 4) is 5.69 Å². The third-order valence-corrected chi connectivity index (χ3v) is 6.81. The Morgan fingerprint density at radius 3 is 2.15 bits per heavy atom. The first kappa shape index (κ1) is 19.0. The number of rotatable bonds is 3. The molecule has 162 valence electrons. The van der Waals surface area contributed by atoms with Crippen molar-refractivity contribution in [3.05, 3.63) is 115 Å². The molecule has 0 aliphatic carbocycles. The van der Waals surface area contributed by atoms with Crippen molar-refractivity contribution in [3.63, 3.8) is 0 Å². The van der Waals surface area contributed by atoms with E-state index in [1.54, 1.807) is 0 Å². The summed E-state index contributed by atoms with van der Waals surface area (Å²) in [6, 6.07) is 40.5. The maximum atomic E-state index is 6.40. The molecule has 34 heavy (non-hydrogen) atoms. The molecule has 3 nitrogen and oxygen atoms in total. The predicted octanol–water partition coefficient (Wildman–Crippen LogP) is 8.45. The molecule has 0 bridgehead atoms. The molecular formula is C31H22N2O. The lowest BCUT2D eigenvalue weighted by Crippen LogP contribution is -2.08. The third-order valence-electron chi connectivity index (χ3n) is 6.81. The Balaban J connectivity index is 1.52. The summed E-state index contributed by atoms with van der Waals surface area (Å²) in [7, 11) is 2.12. The van der Waals surface area contributed by atoms with Crippen molar-refractivity contribution in [1.29, 1.82) is 0 Å². The fourth-order valence-corrected chi connectivity index (χ4v) is 5.14. The second-order valence-corrected chi connectivity index (χ2v) is 8.70. The summed E-state index contributed by atoms with van der Waals surface area (Å²) in [5.74, 6) is 0. The van der Waals surface area contributed by atoms with Crippen LogP contribution in [0.1, 0.15) is 0 Å². The summed E-state index contributed by atoms with van der Waals surface area (Å²) in [5, 5.41) is 4.74. The number of fused-ring (bicyclic) bond motifs is 6. The van der Waals surface area contributed by atoms with Crippen molar-refractivity contribution in [1.82, 2.24) is 4.57 Å². The molecule has 0 radical (unpaired) electrons. The molecule has 0 amide bonds. The van der Waals surface area contributed by atoms with Crippen LogP contribution in [-0.4, -0.2) is 11.6 Å². The predicted molar refractivity (Wildman–Crippen MR) is 143 cm³/mol. The van der Waals surface area contributed by atoms with Crippen LogP contribution in [-0.2, 0) is 0 Å². The zero-order chi connectivity index (χ0) is 22.6. The average Bonchev–Trinajstić information content (AvgIpc) is 3.44. The van der Waals surface area contributed by atoms with Gasteiger partial charge in [-0.25, -0.2) is 0 Å². The minimum Gasteiger partial charge on any atom is -0.454 e. The van der Waals surface area contributed by atoms with Crippen LogP contribution in [0, 0.1) is 0 Å². The molecule has 0 aliphatic rings. The van der Waals surface area contributed by atoms with Gasteiger partial charge in [0.2, 0.25) is 0 Å². The monoisotopic (exact) mass is 438 g/mol. The van der Waals surface area contributed by atoms with Gasteiger partial charge in [-0.2, -0.15) is 0 Å². The van der Waals surface area contributed by atoms with Crippen molar-refractivity contribution in [2.75, 3.05) is 11.9 Å². The van der Waals surface area contributed by atoms with E-state index in [2.05, 4.69) is 114 Å². The normalized spacial score (nSPS) is 11.7. The largest absolute Gasteiger partial charge is 0.454 e. The number of para-hydroxylation sites is 4. The molecule has 7 aromatic rings. The van der Waals surface area contributed by atoms with Gasteiger partial charge in [-0.05, 0) is 48.5 Å². The standard InChI is InChI=1S/C31H22N2O/c1-32(21-10-3-2-4-11-21)22-18-19-28-26(20-22)23-12-5-7-15-27(23)33(28)29-16-9-14-25-24-13-6-8-17-30(24)34-31(25)29/h2-20H,1H3. The van der Waals surface area contributed by atoms with Crippen LogP contribution < -0.4 is 4.90 Å². The highest BCUT2D eigenvalue weighted by atomic mass is 16.3. The van der Waals surface area contributed by atoms with Crippen molar-refractivity contribution >= 4 is 55.1 Å². The number of nitrogens with zero attached hydrogens (tertiary/aromatic N) is 2. The fraction of sp³-hybridized carbons (Fsp3) is 0.0323. The van der Waals surface area contributed by atoms with Gasteiger partial charge in [0.15, 0.2) is 5.58 Å². The van der Waals surface area contributed by atoms with E-state index < -0.39 is 0 Å². The van der Waals surface area contributed by atoms with E-state index in [1.165, 1.54) is 21.8 Å². The molecule has 0 spiro atoms. The van der Waals surface area contributed by atoms with Crippen LogP contribution in [0.15, 0.2) is 120 Å². The molecule has 0 saturated heterocycles. The summed E-state index contributed by atoms with van der Waals surface area (Å²) in [4.78, 5) is 2.23. The summed E-state index contributed by atoms with van der Waals surface area (Å²) in [5.41, 5.74) is 7.55. The Labute approximate surface area is 197 Å². The first-order chi connectivity index (χ1) is 16.8. The smallest absolute Gasteiger partial charge is 0.159 e. The minimum atomic E-state index is 0.914. The first-order valence-electron chi connectivity index (χ1n) is 11.5. The summed E-state index contributed by atoms with van der Waals surface area (Å²) >= 11 is 0. The minimum absolute atomic E-state index is 0.914. The molecule has 5 aromatic carbocycles. The lowest BCUT2D eigenvalue weighted by Gasteiger charge is -2.19. The number of benzene rings is 5. The van der Waals surface area contributed by atoms with E-state index in [-0.39, 0.29) is 0 Å². The van der Waals surface area contributed by atoms with E-state index in [4.69, 9.17) is 4.42 Å². The molecule has 3 heteroatoms. The molecule has 0 saturated carbocycles. The number of anilines is 2. The first-order valence-corrected chi connectivity index (χ1v) is 11.5.